The topological polar surface area (TPSA) is 44.5 Å². The summed E-state index contributed by atoms with van der Waals surface area (Å²) < 4.78 is 15.5. The molecule has 4 heteroatoms. The molecule has 2 aromatic rings. The van der Waals surface area contributed by atoms with E-state index in [2.05, 4.69) is 5.16 Å². The Labute approximate surface area is 93.8 Å². The van der Waals surface area contributed by atoms with Crippen molar-refractivity contribution in [2.24, 2.45) is 0 Å². The second kappa shape index (κ2) is 4.81. The van der Waals surface area contributed by atoms with E-state index in [0.29, 0.717) is 5.76 Å². The fourth-order valence-corrected chi connectivity index (χ4v) is 1.41. The van der Waals surface area contributed by atoms with Crippen molar-refractivity contribution >= 4 is 0 Å². The third kappa shape index (κ3) is 2.23. The van der Waals surface area contributed by atoms with E-state index in [1.54, 1.807) is 7.11 Å². The van der Waals surface area contributed by atoms with Gasteiger partial charge in [-0.1, -0.05) is 17.3 Å². The number of hydrogen-bond acceptors (Lipinski definition) is 4. The largest absolute Gasteiger partial charge is 0.467 e. The number of ether oxygens (including phenoxy) is 2. The molecule has 0 amide bonds. The molecule has 1 heterocycles. The van der Waals surface area contributed by atoms with E-state index in [-0.39, 0.29) is 6.79 Å². The summed E-state index contributed by atoms with van der Waals surface area (Å²) in [4.78, 5) is 0. The molecule has 0 spiro atoms. The van der Waals surface area contributed by atoms with Gasteiger partial charge in [0, 0.05) is 13.2 Å². The minimum Gasteiger partial charge on any atom is -0.467 e. The highest BCUT2D eigenvalue weighted by atomic mass is 16.7. The molecule has 0 aliphatic rings. The van der Waals surface area contributed by atoms with Crippen molar-refractivity contribution in [2.45, 2.75) is 6.92 Å². The van der Waals surface area contributed by atoms with Crippen LogP contribution in [-0.2, 0) is 4.74 Å². The highest BCUT2D eigenvalue weighted by Gasteiger charge is 2.10. The number of rotatable bonds is 4. The van der Waals surface area contributed by atoms with Crippen molar-refractivity contribution in [1.29, 1.82) is 0 Å². The summed E-state index contributed by atoms with van der Waals surface area (Å²) in [5.41, 5.74) is 1.72. The van der Waals surface area contributed by atoms with Gasteiger partial charge in [-0.05, 0) is 19.1 Å². The zero-order chi connectivity index (χ0) is 11.4. The molecule has 0 saturated heterocycles. The molecule has 0 saturated carbocycles. The Hall–Kier alpha value is -1.81. The molecule has 0 unspecified atom stereocenters. The number of nitrogens with zero attached hydrogens (tertiary/aromatic N) is 1. The molecule has 0 atom stereocenters. The number of para-hydroxylation sites is 1. The van der Waals surface area contributed by atoms with Crippen LogP contribution in [-0.4, -0.2) is 19.1 Å². The maximum absolute atomic E-state index is 5.44. The highest BCUT2D eigenvalue weighted by Crippen LogP contribution is 2.30. The van der Waals surface area contributed by atoms with Gasteiger partial charge in [0.15, 0.2) is 12.6 Å². The van der Waals surface area contributed by atoms with Gasteiger partial charge in [-0.3, -0.25) is 0 Å². The quantitative estimate of drug-likeness (QED) is 0.741. The van der Waals surface area contributed by atoms with Crippen LogP contribution in [0.1, 0.15) is 5.69 Å². The van der Waals surface area contributed by atoms with Crippen molar-refractivity contribution in [1.82, 2.24) is 5.16 Å². The summed E-state index contributed by atoms with van der Waals surface area (Å²) >= 11 is 0. The SMILES string of the molecule is COCOc1ccccc1-c1cc(C)no1. The smallest absolute Gasteiger partial charge is 0.188 e. The first-order valence-electron chi connectivity index (χ1n) is 4.95. The average Bonchev–Trinajstić information content (AvgIpc) is 2.73. The molecule has 0 radical (unpaired) electrons. The highest BCUT2D eigenvalue weighted by molar-refractivity contribution is 5.65. The summed E-state index contributed by atoms with van der Waals surface area (Å²) in [7, 11) is 1.58. The molecule has 84 valence electrons. The van der Waals surface area contributed by atoms with Crippen LogP contribution in [0.15, 0.2) is 34.9 Å². The van der Waals surface area contributed by atoms with Gasteiger partial charge in [0.1, 0.15) is 5.75 Å². The molecule has 0 bridgehead atoms. The lowest BCUT2D eigenvalue weighted by molar-refractivity contribution is 0.0514. The number of methoxy groups -OCH3 is 1. The zero-order valence-corrected chi connectivity index (χ0v) is 9.27. The maximum Gasteiger partial charge on any atom is 0.188 e. The Morgan fingerprint density at radius 2 is 2.12 bits per heavy atom. The van der Waals surface area contributed by atoms with Crippen LogP contribution in [0.3, 0.4) is 0 Å². The lowest BCUT2D eigenvalue weighted by Gasteiger charge is -2.07. The first-order chi connectivity index (χ1) is 7.81. The van der Waals surface area contributed by atoms with E-state index >= 15 is 0 Å². The number of hydrogen-bond donors (Lipinski definition) is 0. The summed E-state index contributed by atoms with van der Waals surface area (Å²) in [5.74, 6) is 1.42. The van der Waals surface area contributed by atoms with Crippen molar-refractivity contribution in [3.63, 3.8) is 0 Å². The zero-order valence-electron chi connectivity index (χ0n) is 9.27. The first-order valence-corrected chi connectivity index (χ1v) is 4.95. The Morgan fingerprint density at radius 3 is 2.81 bits per heavy atom. The van der Waals surface area contributed by atoms with Crippen LogP contribution < -0.4 is 4.74 Å². The molecule has 16 heavy (non-hydrogen) atoms. The Balaban J connectivity index is 2.32. The maximum atomic E-state index is 5.44. The standard InChI is InChI=1S/C12H13NO3/c1-9-7-12(16-13-9)10-5-3-4-6-11(10)15-8-14-2/h3-7H,8H2,1-2H3. The molecule has 0 aliphatic carbocycles. The molecule has 0 fully saturated rings. The summed E-state index contributed by atoms with van der Waals surface area (Å²) in [6.07, 6.45) is 0. The van der Waals surface area contributed by atoms with Gasteiger partial charge in [0.2, 0.25) is 0 Å². The number of benzene rings is 1. The monoisotopic (exact) mass is 219 g/mol. The van der Waals surface area contributed by atoms with E-state index in [1.807, 2.05) is 37.3 Å². The van der Waals surface area contributed by atoms with Gasteiger partial charge in [-0.2, -0.15) is 0 Å². The second-order valence-corrected chi connectivity index (χ2v) is 3.38. The Morgan fingerprint density at radius 1 is 1.31 bits per heavy atom. The van der Waals surface area contributed by atoms with Crippen molar-refractivity contribution in [2.75, 3.05) is 13.9 Å². The molecule has 1 aromatic carbocycles. The van der Waals surface area contributed by atoms with Crippen LogP contribution in [0.5, 0.6) is 5.75 Å². The third-order valence-corrected chi connectivity index (χ3v) is 2.11. The van der Waals surface area contributed by atoms with Crippen LogP contribution in [0.2, 0.25) is 0 Å². The fourth-order valence-electron chi connectivity index (χ4n) is 1.41. The molecular formula is C12H13NO3. The van der Waals surface area contributed by atoms with Gasteiger partial charge in [0.05, 0.1) is 11.3 Å². The van der Waals surface area contributed by atoms with E-state index in [9.17, 15) is 0 Å². The fraction of sp³-hybridized carbons (Fsp3) is 0.250. The normalized spacial score (nSPS) is 10.4. The van der Waals surface area contributed by atoms with Gasteiger partial charge in [-0.25, -0.2) is 0 Å². The van der Waals surface area contributed by atoms with E-state index in [4.69, 9.17) is 14.0 Å². The van der Waals surface area contributed by atoms with Gasteiger partial charge < -0.3 is 14.0 Å². The van der Waals surface area contributed by atoms with E-state index < -0.39 is 0 Å². The van der Waals surface area contributed by atoms with Crippen molar-refractivity contribution in [3.05, 3.63) is 36.0 Å². The third-order valence-electron chi connectivity index (χ3n) is 2.11. The van der Waals surface area contributed by atoms with Crippen LogP contribution in [0.4, 0.5) is 0 Å². The van der Waals surface area contributed by atoms with Crippen LogP contribution >= 0.6 is 0 Å². The number of aromatic nitrogens is 1. The Kier molecular flexibility index (Phi) is 3.22. The van der Waals surface area contributed by atoms with Crippen molar-refractivity contribution in [3.8, 4) is 17.1 Å². The molecule has 4 nitrogen and oxygen atoms in total. The van der Waals surface area contributed by atoms with E-state index in [1.165, 1.54) is 0 Å². The minimum absolute atomic E-state index is 0.212. The molecule has 0 N–H and O–H groups in total. The lowest BCUT2D eigenvalue weighted by Crippen LogP contribution is -1.99. The summed E-state index contributed by atoms with van der Waals surface area (Å²) in [6, 6.07) is 9.48. The molecule has 2 rings (SSSR count). The van der Waals surface area contributed by atoms with Gasteiger partial charge in [-0.15, -0.1) is 0 Å². The molecule has 0 aliphatic heterocycles. The minimum atomic E-state index is 0.212. The van der Waals surface area contributed by atoms with E-state index in [0.717, 1.165) is 17.0 Å². The predicted octanol–water partition coefficient (Wildman–Crippen LogP) is 2.63. The van der Waals surface area contributed by atoms with Crippen molar-refractivity contribution < 1.29 is 14.0 Å². The first kappa shape index (κ1) is 10.7. The second-order valence-electron chi connectivity index (χ2n) is 3.38. The van der Waals surface area contributed by atoms with Gasteiger partial charge in [0.25, 0.3) is 0 Å². The predicted molar refractivity (Wildman–Crippen MR) is 59.2 cm³/mol. The number of aryl methyl sites for hydroxylation is 1. The average molecular weight is 219 g/mol. The van der Waals surface area contributed by atoms with Gasteiger partial charge >= 0.3 is 0 Å². The molecular weight excluding hydrogens is 206 g/mol. The molecule has 1 aromatic heterocycles. The summed E-state index contributed by atoms with van der Waals surface area (Å²) in [6.45, 7) is 2.09. The van der Waals surface area contributed by atoms with Crippen LogP contribution in [0, 0.1) is 6.92 Å². The van der Waals surface area contributed by atoms with Crippen LogP contribution in [0.25, 0.3) is 11.3 Å². The lowest BCUT2D eigenvalue weighted by atomic mass is 10.1. The Bertz CT molecular complexity index is 465. The summed E-state index contributed by atoms with van der Waals surface area (Å²) in [5, 5.41) is 3.85.